The number of hydrogen-bond donors (Lipinski definition) is 0. The highest BCUT2D eigenvalue weighted by Crippen LogP contribution is 1.80. The Morgan fingerprint density at radius 1 is 1.08 bits per heavy atom. The molecule has 3 heteroatoms. The smallest absolute Gasteiger partial charge is 0.107 e. The quantitative estimate of drug-likeness (QED) is 0.302. The molecule has 0 N–H and O–H groups in total. The Kier molecular flexibility index (Phi) is 10.5. The van der Waals surface area contributed by atoms with Crippen molar-refractivity contribution >= 4 is 0 Å². The maximum absolute atomic E-state index is 5.17. The molecule has 0 atom stereocenters. The summed E-state index contributed by atoms with van der Waals surface area (Å²) in [5, 5.41) is 0. The van der Waals surface area contributed by atoms with Crippen LogP contribution in [0.15, 0.2) is 12.7 Å². The molecule has 3 nitrogen and oxygen atoms in total. The zero-order valence-corrected chi connectivity index (χ0v) is 7.83. The third-order valence-electron chi connectivity index (χ3n) is 1.17. The topological polar surface area (TPSA) is 27.7 Å². The van der Waals surface area contributed by atoms with E-state index in [-0.39, 0.29) is 0 Å². The largest absolute Gasteiger partial charge is 0.377 e. The second-order valence-electron chi connectivity index (χ2n) is 2.23. The van der Waals surface area contributed by atoms with Gasteiger partial charge in [-0.05, 0) is 0 Å². The molecular formula is C10H16O3. The number of rotatable bonds is 9. The highest BCUT2D eigenvalue weighted by atomic mass is 16.5. The molecule has 0 fully saturated rings. The lowest BCUT2D eigenvalue weighted by Gasteiger charge is -2.03. The van der Waals surface area contributed by atoms with E-state index >= 15 is 0 Å². The van der Waals surface area contributed by atoms with Crippen molar-refractivity contribution in [3.8, 4) is 12.3 Å². The first kappa shape index (κ1) is 12.2. The average Bonchev–Trinajstić information content (AvgIpc) is 2.16. The molecule has 0 aliphatic heterocycles. The van der Waals surface area contributed by atoms with Crippen LogP contribution in [-0.4, -0.2) is 39.6 Å². The van der Waals surface area contributed by atoms with E-state index in [2.05, 4.69) is 12.5 Å². The van der Waals surface area contributed by atoms with E-state index in [1.54, 1.807) is 6.08 Å². The zero-order valence-electron chi connectivity index (χ0n) is 7.83. The third-order valence-corrected chi connectivity index (χ3v) is 1.17. The van der Waals surface area contributed by atoms with Crippen molar-refractivity contribution in [2.24, 2.45) is 0 Å². The van der Waals surface area contributed by atoms with E-state index in [0.717, 1.165) is 0 Å². The Hall–Kier alpha value is -0.820. The maximum atomic E-state index is 5.17. The normalized spacial score (nSPS) is 9.46. The minimum Gasteiger partial charge on any atom is -0.377 e. The summed E-state index contributed by atoms with van der Waals surface area (Å²) < 4.78 is 15.3. The maximum Gasteiger partial charge on any atom is 0.107 e. The van der Waals surface area contributed by atoms with Crippen molar-refractivity contribution in [1.29, 1.82) is 0 Å². The van der Waals surface area contributed by atoms with Crippen LogP contribution in [0.5, 0.6) is 0 Å². The first-order chi connectivity index (χ1) is 6.41. The van der Waals surface area contributed by atoms with Gasteiger partial charge in [-0.2, -0.15) is 0 Å². The lowest BCUT2D eigenvalue weighted by molar-refractivity contribution is 0.0261. The van der Waals surface area contributed by atoms with Gasteiger partial charge < -0.3 is 14.2 Å². The highest BCUT2D eigenvalue weighted by Gasteiger charge is 1.88. The Morgan fingerprint density at radius 2 is 1.69 bits per heavy atom. The summed E-state index contributed by atoms with van der Waals surface area (Å²) in [6.45, 7) is 6.68. The molecule has 0 radical (unpaired) electrons. The first-order valence-corrected chi connectivity index (χ1v) is 4.19. The Labute approximate surface area is 79.7 Å². The van der Waals surface area contributed by atoms with E-state index in [4.69, 9.17) is 20.6 Å². The predicted octanol–water partition coefficient (Wildman–Crippen LogP) is 0.855. The molecule has 0 bridgehead atoms. The van der Waals surface area contributed by atoms with Crippen molar-refractivity contribution in [3.63, 3.8) is 0 Å². The van der Waals surface area contributed by atoms with Crippen LogP contribution in [0.1, 0.15) is 0 Å². The third kappa shape index (κ3) is 11.2. The first-order valence-electron chi connectivity index (χ1n) is 4.19. The fourth-order valence-corrected chi connectivity index (χ4v) is 0.636. The van der Waals surface area contributed by atoms with Crippen molar-refractivity contribution in [1.82, 2.24) is 0 Å². The second-order valence-corrected chi connectivity index (χ2v) is 2.23. The average molecular weight is 184 g/mol. The number of ether oxygens (including phenoxy) is 3. The molecular weight excluding hydrogens is 168 g/mol. The Morgan fingerprint density at radius 3 is 2.31 bits per heavy atom. The minimum atomic E-state index is 0.344. The van der Waals surface area contributed by atoms with Gasteiger partial charge in [-0.25, -0.2) is 0 Å². The fourth-order valence-electron chi connectivity index (χ4n) is 0.636. The van der Waals surface area contributed by atoms with Crippen LogP contribution >= 0.6 is 0 Å². The SMILES string of the molecule is C#CCOCCOCCOCC=C. The summed E-state index contributed by atoms with van der Waals surface area (Å²) >= 11 is 0. The molecule has 0 aromatic carbocycles. The van der Waals surface area contributed by atoms with Gasteiger partial charge in [-0.1, -0.05) is 12.0 Å². The lowest BCUT2D eigenvalue weighted by Crippen LogP contribution is -2.09. The molecule has 0 amide bonds. The summed E-state index contributed by atoms with van der Waals surface area (Å²) in [5.41, 5.74) is 0. The van der Waals surface area contributed by atoms with Crippen LogP contribution < -0.4 is 0 Å². The molecule has 0 heterocycles. The van der Waals surface area contributed by atoms with Crippen LogP contribution in [-0.2, 0) is 14.2 Å². The summed E-state index contributed by atoms with van der Waals surface area (Å²) in [6, 6.07) is 0. The molecule has 0 aromatic rings. The van der Waals surface area contributed by atoms with Crippen molar-refractivity contribution in [2.45, 2.75) is 0 Å². The molecule has 13 heavy (non-hydrogen) atoms. The van der Waals surface area contributed by atoms with Gasteiger partial charge in [0.1, 0.15) is 6.61 Å². The van der Waals surface area contributed by atoms with Gasteiger partial charge in [0.2, 0.25) is 0 Å². The summed E-state index contributed by atoms with van der Waals surface area (Å²) in [4.78, 5) is 0. The van der Waals surface area contributed by atoms with Gasteiger partial charge in [0.25, 0.3) is 0 Å². The van der Waals surface area contributed by atoms with E-state index < -0.39 is 0 Å². The molecule has 0 spiro atoms. The van der Waals surface area contributed by atoms with E-state index in [0.29, 0.717) is 39.6 Å². The van der Waals surface area contributed by atoms with Gasteiger partial charge in [0.15, 0.2) is 0 Å². The van der Waals surface area contributed by atoms with Crippen molar-refractivity contribution in [2.75, 3.05) is 39.6 Å². The fraction of sp³-hybridized carbons (Fsp3) is 0.600. The van der Waals surface area contributed by atoms with Crippen LogP contribution in [0.3, 0.4) is 0 Å². The van der Waals surface area contributed by atoms with Crippen molar-refractivity contribution < 1.29 is 14.2 Å². The Balaban J connectivity index is 2.84. The van der Waals surface area contributed by atoms with Gasteiger partial charge in [-0.15, -0.1) is 13.0 Å². The Bertz CT molecular complexity index is 149. The standard InChI is InChI=1S/C10H16O3/c1-3-5-11-7-9-13-10-8-12-6-4-2/h1,4H,2,5-10H2. The van der Waals surface area contributed by atoms with Gasteiger partial charge in [-0.3, -0.25) is 0 Å². The minimum absolute atomic E-state index is 0.344. The molecule has 0 saturated carbocycles. The van der Waals surface area contributed by atoms with Crippen LogP contribution in [0.2, 0.25) is 0 Å². The van der Waals surface area contributed by atoms with Gasteiger partial charge in [0, 0.05) is 0 Å². The van der Waals surface area contributed by atoms with Crippen molar-refractivity contribution in [3.05, 3.63) is 12.7 Å². The molecule has 0 aliphatic carbocycles. The molecule has 0 aromatic heterocycles. The number of terminal acetylenes is 1. The van der Waals surface area contributed by atoms with E-state index in [9.17, 15) is 0 Å². The highest BCUT2D eigenvalue weighted by molar-refractivity contribution is 4.82. The lowest BCUT2D eigenvalue weighted by atomic mass is 10.6. The van der Waals surface area contributed by atoms with E-state index in [1.807, 2.05) is 0 Å². The summed E-state index contributed by atoms with van der Waals surface area (Å²) in [7, 11) is 0. The van der Waals surface area contributed by atoms with Gasteiger partial charge in [0.05, 0.1) is 33.0 Å². The molecule has 0 unspecified atom stereocenters. The van der Waals surface area contributed by atoms with Crippen LogP contribution in [0.4, 0.5) is 0 Å². The molecule has 0 rings (SSSR count). The second kappa shape index (κ2) is 11.2. The monoisotopic (exact) mass is 184 g/mol. The zero-order chi connectivity index (χ0) is 9.78. The van der Waals surface area contributed by atoms with Crippen LogP contribution in [0.25, 0.3) is 0 Å². The summed E-state index contributed by atoms with van der Waals surface area (Å²) in [5.74, 6) is 2.37. The van der Waals surface area contributed by atoms with E-state index in [1.165, 1.54) is 0 Å². The number of hydrogen-bond acceptors (Lipinski definition) is 3. The predicted molar refractivity (Wildman–Crippen MR) is 51.5 cm³/mol. The molecule has 74 valence electrons. The van der Waals surface area contributed by atoms with Crippen LogP contribution in [0, 0.1) is 12.3 Å². The van der Waals surface area contributed by atoms with Gasteiger partial charge >= 0.3 is 0 Å². The summed E-state index contributed by atoms with van der Waals surface area (Å²) in [6.07, 6.45) is 6.68. The molecule has 0 aliphatic rings. The molecule has 0 saturated heterocycles.